The van der Waals surface area contributed by atoms with Crippen molar-refractivity contribution in [3.8, 4) is 0 Å². The van der Waals surface area contributed by atoms with Crippen molar-refractivity contribution in [2.45, 2.75) is 31.7 Å². The fraction of sp³-hybridized carbons (Fsp3) is 0.400. The lowest BCUT2D eigenvalue weighted by Crippen LogP contribution is -2.33. The van der Waals surface area contributed by atoms with Gasteiger partial charge < -0.3 is 9.30 Å². The highest BCUT2D eigenvalue weighted by atomic mass is 32.1. The number of nitrogens with one attached hydrogen (secondary N) is 1. The molecule has 2 aromatic heterocycles. The fourth-order valence-electron chi connectivity index (χ4n) is 2.52. The number of rotatable bonds is 5. The SMILES string of the molecule is CCOC(=O)C1(n2cc(Cc3cncnc3)c(=O)[nH]c2=S)CC1. The maximum absolute atomic E-state index is 12.2. The third-order valence-electron chi connectivity index (χ3n) is 3.86. The summed E-state index contributed by atoms with van der Waals surface area (Å²) >= 11 is 5.23. The number of hydrogen-bond donors (Lipinski definition) is 1. The number of nitrogens with zero attached hydrogens (tertiary/aromatic N) is 3. The van der Waals surface area contributed by atoms with Gasteiger partial charge in [0.15, 0.2) is 4.77 Å². The molecule has 0 aliphatic heterocycles. The Morgan fingerprint density at radius 2 is 2.13 bits per heavy atom. The Hall–Kier alpha value is -2.35. The van der Waals surface area contributed by atoms with Crippen LogP contribution in [0.5, 0.6) is 0 Å². The molecule has 1 fully saturated rings. The highest BCUT2D eigenvalue weighted by Gasteiger charge is 2.53. The molecular formula is C15H16N4O3S. The van der Waals surface area contributed by atoms with E-state index in [-0.39, 0.29) is 16.3 Å². The normalized spacial score (nSPS) is 15.2. The summed E-state index contributed by atoms with van der Waals surface area (Å²) in [6.07, 6.45) is 8.05. The molecule has 2 aromatic rings. The molecule has 0 aromatic carbocycles. The Labute approximate surface area is 137 Å². The van der Waals surface area contributed by atoms with E-state index in [9.17, 15) is 9.59 Å². The van der Waals surface area contributed by atoms with Crippen LogP contribution in [-0.4, -0.2) is 32.1 Å². The molecule has 1 aliphatic carbocycles. The molecule has 1 aliphatic rings. The van der Waals surface area contributed by atoms with Crippen molar-refractivity contribution in [1.82, 2.24) is 19.5 Å². The summed E-state index contributed by atoms with van der Waals surface area (Å²) in [7, 11) is 0. The Balaban J connectivity index is 2.00. The van der Waals surface area contributed by atoms with Crippen LogP contribution in [0.3, 0.4) is 0 Å². The van der Waals surface area contributed by atoms with Crippen molar-refractivity contribution in [2.24, 2.45) is 0 Å². The second-order valence-corrected chi connectivity index (χ2v) is 5.85. The maximum atomic E-state index is 12.2. The molecule has 1 N–H and O–H groups in total. The van der Waals surface area contributed by atoms with Gasteiger partial charge in [0.25, 0.3) is 5.56 Å². The monoisotopic (exact) mass is 332 g/mol. The van der Waals surface area contributed by atoms with Crippen molar-refractivity contribution >= 4 is 18.2 Å². The van der Waals surface area contributed by atoms with Crippen LogP contribution in [0.15, 0.2) is 29.7 Å². The van der Waals surface area contributed by atoms with E-state index in [2.05, 4.69) is 15.0 Å². The van der Waals surface area contributed by atoms with Crippen LogP contribution < -0.4 is 5.56 Å². The van der Waals surface area contributed by atoms with Gasteiger partial charge in [0.05, 0.1) is 6.61 Å². The number of H-pyrrole nitrogens is 1. The van der Waals surface area contributed by atoms with Crippen molar-refractivity contribution in [3.05, 3.63) is 51.2 Å². The van der Waals surface area contributed by atoms with E-state index in [1.54, 1.807) is 30.1 Å². The summed E-state index contributed by atoms with van der Waals surface area (Å²) in [4.78, 5) is 34.9. The Morgan fingerprint density at radius 3 is 2.74 bits per heavy atom. The molecular weight excluding hydrogens is 316 g/mol. The van der Waals surface area contributed by atoms with Gasteiger partial charge in [-0.05, 0) is 37.5 Å². The third kappa shape index (κ3) is 2.94. The largest absolute Gasteiger partial charge is 0.464 e. The van der Waals surface area contributed by atoms with Gasteiger partial charge in [0, 0.05) is 30.6 Å². The van der Waals surface area contributed by atoms with Crippen LogP contribution in [-0.2, 0) is 21.5 Å². The number of carbonyl (C=O) groups is 1. The zero-order valence-electron chi connectivity index (χ0n) is 12.6. The van der Waals surface area contributed by atoms with Gasteiger partial charge >= 0.3 is 5.97 Å². The van der Waals surface area contributed by atoms with Crippen LogP contribution in [0.1, 0.15) is 30.9 Å². The molecule has 120 valence electrons. The molecule has 2 heterocycles. The van der Waals surface area contributed by atoms with E-state index in [1.165, 1.54) is 6.33 Å². The van der Waals surface area contributed by atoms with Gasteiger partial charge in [-0.25, -0.2) is 14.8 Å². The fourth-order valence-corrected chi connectivity index (χ4v) is 2.84. The van der Waals surface area contributed by atoms with E-state index in [1.807, 2.05) is 0 Å². The molecule has 1 saturated carbocycles. The van der Waals surface area contributed by atoms with Crippen molar-refractivity contribution < 1.29 is 9.53 Å². The molecule has 0 bridgehead atoms. The second-order valence-electron chi connectivity index (χ2n) is 5.46. The number of aromatic amines is 1. The Bertz CT molecular complexity index is 840. The van der Waals surface area contributed by atoms with Crippen LogP contribution in [0.4, 0.5) is 0 Å². The predicted octanol–water partition coefficient (Wildman–Crippen LogP) is 1.34. The van der Waals surface area contributed by atoms with Crippen LogP contribution in [0, 0.1) is 4.77 Å². The van der Waals surface area contributed by atoms with E-state index in [0.717, 1.165) is 5.56 Å². The first-order valence-corrected chi connectivity index (χ1v) is 7.74. The van der Waals surface area contributed by atoms with Crippen LogP contribution >= 0.6 is 12.2 Å². The van der Waals surface area contributed by atoms with Crippen molar-refractivity contribution in [1.29, 1.82) is 0 Å². The first-order chi connectivity index (χ1) is 11.1. The van der Waals surface area contributed by atoms with Gasteiger partial charge in [-0.3, -0.25) is 9.78 Å². The number of hydrogen-bond acceptors (Lipinski definition) is 6. The number of esters is 1. The minimum atomic E-state index is -0.779. The topological polar surface area (TPSA) is 89.9 Å². The Morgan fingerprint density at radius 1 is 1.43 bits per heavy atom. The average Bonchev–Trinajstić information content (AvgIpc) is 3.33. The molecule has 0 amide bonds. The summed E-state index contributed by atoms with van der Waals surface area (Å²) in [6, 6.07) is 0. The minimum absolute atomic E-state index is 0.230. The third-order valence-corrected chi connectivity index (χ3v) is 4.16. The lowest BCUT2D eigenvalue weighted by Gasteiger charge is -2.18. The molecule has 0 radical (unpaired) electrons. The van der Waals surface area contributed by atoms with E-state index in [0.29, 0.717) is 31.4 Å². The average molecular weight is 332 g/mol. The van der Waals surface area contributed by atoms with Gasteiger partial charge in [-0.2, -0.15) is 0 Å². The molecule has 0 saturated heterocycles. The maximum Gasteiger partial charge on any atom is 0.332 e. The zero-order valence-corrected chi connectivity index (χ0v) is 13.4. The molecule has 0 spiro atoms. The van der Waals surface area contributed by atoms with Crippen molar-refractivity contribution in [2.75, 3.05) is 6.61 Å². The predicted molar refractivity (Wildman–Crippen MR) is 84.6 cm³/mol. The summed E-state index contributed by atoms with van der Waals surface area (Å²) in [5.74, 6) is -0.308. The van der Waals surface area contributed by atoms with Crippen LogP contribution in [0.25, 0.3) is 0 Å². The lowest BCUT2D eigenvalue weighted by molar-refractivity contribution is -0.148. The summed E-state index contributed by atoms with van der Waals surface area (Å²) in [6.45, 7) is 2.08. The highest BCUT2D eigenvalue weighted by Crippen LogP contribution is 2.44. The number of ether oxygens (including phenoxy) is 1. The molecule has 3 rings (SSSR count). The standard InChI is InChI=1S/C15H16N4O3S/c1-2-22-13(21)15(3-4-15)19-8-11(12(20)18-14(19)23)5-10-6-16-9-17-7-10/h6-9H,2-5H2,1H3,(H,18,20,23). The molecule has 8 heteroatoms. The molecule has 0 atom stereocenters. The van der Waals surface area contributed by atoms with Gasteiger partial charge in [0.2, 0.25) is 0 Å². The zero-order chi connectivity index (χ0) is 16.4. The molecule has 7 nitrogen and oxygen atoms in total. The summed E-state index contributed by atoms with van der Waals surface area (Å²) in [5, 5.41) is 0. The molecule has 23 heavy (non-hydrogen) atoms. The van der Waals surface area contributed by atoms with Crippen LogP contribution in [0.2, 0.25) is 0 Å². The summed E-state index contributed by atoms with van der Waals surface area (Å²) in [5.41, 5.74) is 0.264. The minimum Gasteiger partial charge on any atom is -0.464 e. The first-order valence-electron chi connectivity index (χ1n) is 7.33. The first kappa shape index (κ1) is 15.5. The Kier molecular flexibility index (Phi) is 4.08. The number of aromatic nitrogens is 4. The quantitative estimate of drug-likeness (QED) is 0.656. The van der Waals surface area contributed by atoms with E-state index < -0.39 is 5.54 Å². The van der Waals surface area contributed by atoms with Gasteiger partial charge in [-0.15, -0.1) is 0 Å². The highest BCUT2D eigenvalue weighted by molar-refractivity contribution is 7.71. The molecule has 0 unspecified atom stereocenters. The van der Waals surface area contributed by atoms with Gasteiger partial charge in [-0.1, -0.05) is 0 Å². The van der Waals surface area contributed by atoms with E-state index >= 15 is 0 Å². The second kappa shape index (κ2) is 6.04. The van der Waals surface area contributed by atoms with Crippen molar-refractivity contribution in [3.63, 3.8) is 0 Å². The number of carbonyl (C=O) groups excluding carboxylic acids is 1. The smallest absolute Gasteiger partial charge is 0.332 e. The van der Waals surface area contributed by atoms with E-state index in [4.69, 9.17) is 17.0 Å². The lowest BCUT2D eigenvalue weighted by atomic mass is 10.1. The van der Waals surface area contributed by atoms with Gasteiger partial charge in [0.1, 0.15) is 11.9 Å². The summed E-state index contributed by atoms with van der Waals surface area (Å²) < 4.78 is 7.03.